The second-order valence-electron chi connectivity index (χ2n) is 4.64. The van der Waals surface area contributed by atoms with E-state index in [4.69, 9.17) is 16.3 Å². The molecule has 0 bridgehead atoms. The van der Waals surface area contributed by atoms with Gasteiger partial charge in [0.15, 0.2) is 5.96 Å². The fraction of sp³-hybridized carbons (Fsp3) is 0.533. The van der Waals surface area contributed by atoms with Gasteiger partial charge in [-0.2, -0.15) is 0 Å². The van der Waals surface area contributed by atoms with Crippen LogP contribution in [-0.4, -0.2) is 38.8 Å². The maximum atomic E-state index is 5.86. The van der Waals surface area contributed by atoms with Crippen LogP contribution < -0.4 is 10.6 Å². The van der Waals surface area contributed by atoms with E-state index in [9.17, 15) is 0 Å². The highest BCUT2D eigenvalue weighted by atomic mass is 127. The first-order valence-corrected chi connectivity index (χ1v) is 7.31. The number of guanidine groups is 1. The van der Waals surface area contributed by atoms with Gasteiger partial charge < -0.3 is 15.4 Å². The zero-order valence-electron chi connectivity index (χ0n) is 12.9. The van der Waals surface area contributed by atoms with Gasteiger partial charge in [0.25, 0.3) is 0 Å². The second kappa shape index (κ2) is 12.1. The predicted octanol–water partition coefficient (Wildman–Crippen LogP) is 3.09. The fourth-order valence-electron chi connectivity index (χ4n) is 1.79. The standard InChI is InChI=1S/C15H24ClN3O.HI/c1-4-17-15(19-12(2)11-20-3)18-10-9-13-5-7-14(16)8-6-13;/h5-8,12H,4,9-11H2,1-3H3,(H2,17,18,19);1H. The van der Waals surface area contributed by atoms with Gasteiger partial charge in [0.05, 0.1) is 6.61 Å². The molecule has 0 aliphatic rings. The fourth-order valence-corrected chi connectivity index (χ4v) is 1.92. The second-order valence-corrected chi connectivity index (χ2v) is 5.07. The van der Waals surface area contributed by atoms with Crippen molar-refractivity contribution < 1.29 is 4.74 Å². The van der Waals surface area contributed by atoms with Crippen molar-refractivity contribution in [2.24, 2.45) is 4.99 Å². The first kappa shape index (κ1) is 20.5. The van der Waals surface area contributed by atoms with E-state index in [-0.39, 0.29) is 30.0 Å². The van der Waals surface area contributed by atoms with Crippen LogP contribution in [-0.2, 0) is 11.2 Å². The van der Waals surface area contributed by atoms with E-state index in [0.29, 0.717) is 6.61 Å². The van der Waals surface area contributed by atoms with E-state index >= 15 is 0 Å². The zero-order chi connectivity index (χ0) is 14.8. The van der Waals surface area contributed by atoms with E-state index in [0.717, 1.165) is 30.5 Å². The lowest BCUT2D eigenvalue weighted by Gasteiger charge is -2.16. The summed E-state index contributed by atoms with van der Waals surface area (Å²) in [5, 5.41) is 7.30. The molecular formula is C15H25ClIN3O. The van der Waals surface area contributed by atoms with Gasteiger partial charge in [0.2, 0.25) is 0 Å². The van der Waals surface area contributed by atoms with Gasteiger partial charge in [-0.25, -0.2) is 0 Å². The van der Waals surface area contributed by atoms with Crippen LogP contribution in [0.2, 0.25) is 5.02 Å². The normalized spacial score (nSPS) is 12.5. The summed E-state index contributed by atoms with van der Waals surface area (Å²) < 4.78 is 5.11. The summed E-state index contributed by atoms with van der Waals surface area (Å²) in [5.74, 6) is 0.825. The molecule has 1 aromatic carbocycles. The summed E-state index contributed by atoms with van der Waals surface area (Å²) >= 11 is 5.86. The molecular weight excluding hydrogens is 401 g/mol. The van der Waals surface area contributed by atoms with Crippen LogP contribution in [0.1, 0.15) is 19.4 Å². The van der Waals surface area contributed by atoms with Crippen molar-refractivity contribution in [3.05, 3.63) is 34.9 Å². The van der Waals surface area contributed by atoms with Crippen molar-refractivity contribution in [3.63, 3.8) is 0 Å². The van der Waals surface area contributed by atoms with Gasteiger partial charge in [-0.05, 0) is 38.0 Å². The van der Waals surface area contributed by atoms with Crippen LogP contribution in [0.25, 0.3) is 0 Å². The molecule has 0 radical (unpaired) electrons. The van der Waals surface area contributed by atoms with Crippen LogP contribution in [0.5, 0.6) is 0 Å². The van der Waals surface area contributed by atoms with E-state index in [1.54, 1.807) is 7.11 Å². The number of ether oxygens (including phenoxy) is 1. The van der Waals surface area contributed by atoms with E-state index < -0.39 is 0 Å². The van der Waals surface area contributed by atoms with Gasteiger partial charge in [-0.15, -0.1) is 24.0 Å². The molecule has 6 heteroatoms. The molecule has 0 saturated heterocycles. The summed E-state index contributed by atoms with van der Waals surface area (Å²) in [6.07, 6.45) is 0.895. The molecule has 0 aliphatic carbocycles. The first-order chi connectivity index (χ1) is 9.65. The Balaban J connectivity index is 0.00000400. The minimum atomic E-state index is 0. The van der Waals surface area contributed by atoms with Gasteiger partial charge in [-0.1, -0.05) is 23.7 Å². The first-order valence-electron chi connectivity index (χ1n) is 6.94. The van der Waals surface area contributed by atoms with Crippen molar-refractivity contribution in [3.8, 4) is 0 Å². The maximum absolute atomic E-state index is 5.86. The number of methoxy groups -OCH3 is 1. The third-order valence-electron chi connectivity index (χ3n) is 2.73. The van der Waals surface area contributed by atoms with Crippen LogP contribution in [0, 0.1) is 0 Å². The average molecular weight is 426 g/mol. The van der Waals surface area contributed by atoms with E-state index in [2.05, 4.69) is 29.5 Å². The van der Waals surface area contributed by atoms with Crippen LogP contribution in [0.3, 0.4) is 0 Å². The largest absolute Gasteiger partial charge is 0.383 e. The Morgan fingerprint density at radius 3 is 2.57 bits per heavy atom. The van der Waals surface area contributed by atoms with Gasteiger partial charge in [0, 0.05) is 31.3 Å². The minimum Gasteiger partial charge on any atom is -0.383 e. The number of hydrogen-bond donors (Lipinski definition) is 2. The molecule has 0 aliphatic heterocycles. The predicted molar refractivity (Wildman–Crippen MR) is 101 cm³/mol. The number of benzene rings is 1. The average Bonchev–Trinajstić information content (AvgIpc) is 2.41. The Labute approximate surface area is 149 Å². The molecule has 1 atom stereocenters. The zero-order valence-corrected chi connectivity index (χ0v) is 15.9. The third kappa shape index (κ3) is 9.16. The number of rotatable bonds is 7. The molecule has 0 fully saturated rings. The number of nitrogens with zero attached hydrogens (tertiary/aromatic N) is 1. The van der Waals surface area contributed by atoms with Crippen molar-refractivity contribution >= 4 is 41.5 Å². The lowest BCUT2D eigenvalue weighted by atomic mass is 10.1. The highest BCUT2D eigenvalue weighted by Crippen LogP contribution is 2.09. The Morgan fingerprint density at radius 1 is 1.33 bits per heavy atom. The van der Waals surface area contributed by atoms with Gasteiger partial charge >= 0.3 is 0 Å². The minimum absolute atomic E-state index is 0. The third-order valence-corrected chi connectivity index (χ3v) is 2.98. The molecule has 4 nitrogen and oxygen atoms in total. The summed E-state index contributed by atoms with van der Waals surface area (Å²) in [6, 6.07) is 8.11. The SMILES string of the molecule is CCNC(=NCCc1ccc(Cl)cc1)NC(C)COC.I. The van der Waals surface area contributed by atoms with Crippen LogP contribution in [0.4, 0.5) is 0 Å². The lowest BCUT2D eigenvalue weighted by molar-refractivity contribution is 0.179. The van der Waals surface area contributed by atoms with E-state index in [1.807, 2.05) is 24.3 Å². The molecule has 0 saturated carbocycles. The summed E-state index contributed by atoms with van der Waals surface area (Å²) in [4.78, 5) is 4.56. The molecule has 1 unspecified atom stereocenters. The van der Waals surface area contributed by atoms with Gasteiger partial charge in [0.1, 0.15) is 0 Å². The Bertz CT molecular complexity index is 412. The Hall–Kier alpha value is -0.530. The molecule has 1 rings (SSSR count). The van der Waals surface area contributed by atoms with Crippen molar-refractivity contribution in [2.75, 3.05) is 26.8 Å². The molecule has 0 aromatic heterocycles. The van der Waals surface area contributed by atoms with Crippen LogP contribution in [0.15, 0.2) is 29.3 Å². The maximum Gasteiger partial charge on any atom is 0.191 e. The quantitative estimate of drug-likeness (QED) is 0.401. The summed E-state index contributed by atoms with van der Waals surface area (Å²) in [6.45, 7) is 6.34. The monoisotopic (exact) mass is 425 g/mol. The smallest absolute Gasteiger partial charge is 0.191 e. The number of halogens is 2. The highest BCUT2D eigenvalue weighted by Gasteiger charge is 2.03. The molecule has 0 amide bonds. The summed E-state index contributed by atoms with van der Waals surface area (Å²) in [7, 11) is 1.70. The molecule has 120 valence electrons. The number of nitrogens with one attached hydrogen (secondary N) is 2. The topological polar surface area (TPSA) is 45.7 Å². The Kier molecular flexibility index (Phi) is 11.8. The number of aliphatic imine (C=N–C) groups is 1. The van der Waals surface area contributed by atoms with Crippen molar-refractivity contribution in [1.82, 2.24) is 10.6 Å². The highest BCUT2D eigenvalue weighted by molar-refractivity contribution is 14.0. The van der Waals surface area contributed by atoms with E-state index in [1.165, 1.54) is 5.56 Å². The molecule has 2 N–H and O–H groups in total. The molecule has 1 aromatic rings. The molecule has 0 heterocycles. The molecule has 21 heavy (non-hydrogen) atoms. The number of hydrogen-bond acceptors (Lipinski definition) is 2. The van der Waals surface area contributed by atoms with Crippen molar-refractivity contribution in [1.29, 1.82) is 0 Å². The Morgan fingerprint density at radius 2 is 2.00 bits per heavy atom. The van der Waals surface area contributed by atoms with Crippen molar-refractivity contribution in [2.45, 2.75) is 26.3 Å². The van der Waals surface area contributed by atoms with Crippen LogP contribution >= 0.6 is 35.6 Å². The van der Waals surface area contributed by atoms with Gasteiger partial charge in [-0.3, -0.25) is 4.99 Å². The lowest BCUT2D eigenvalue weighted by Crippen LogP contribution is -2.44. The summed E-state index contributed by atoms with van der Waals surface area (Å²) in [5.41, 5.74) is 1.24. The molecule has 0 spiro atoms.